The Kier molecular flexibility index (Phi) is 4.87. The maximum atomic E-state index is 14.3. The number of nitrogens with zero attached hydrogens (tertiary/aromatic N) is 1. The molecular weight excluding hydrogens is 382 g/mol. The van der Waals surface area contributed by atoms with Gasteiger partial charge in [-0.25, -0.2) is 4.79 Å². The molecule has 2 aromatic rings. The van der Waals surface area contributed by atoms with E-state index in [4.69, 9.17) is 0 Å². The van der Waals surface area contributed by atoms with Gasteiger partial charge in [0.05, 0.1) is 5.69 Å². The Morgan fingerprint density at radius 2 is 2.04 bits per heavy atom. The monoisotopic (exact) mass is 396 g/mol. The Bertz CT molecular complexity index is 1030. The highest BCUT2D eigenvalue weighted by Gasteiger charge is 2.43. The van der Waals surface area contributed by atoms with Gasteiger partial charge in [0.1, 0.15) is 5.56 Å². The Morgan fingerprint density at radius 3 is 2.70 bits per heavy atom. The van der Waals surface area contributed by atoms with Gasteiger partial charge in [-0.05, 0) is 18.2 Å². The molecule has 8 nitrogen and oxygen atoms in total. The Labute approximate surface area is 155 Å². The summed E-state index contributed by atoms with van der Waals surface area (Å²) in [6, 6.07) is 4.48. The lowest BCUT2D eigenvalue weighted by molar-refractivity contribution is -0.141. The van der Waals surface area contributed by atoms with Crippen molar-refractivity contribution in [3.8, 4) is 0 Å². The maximum absolute atomic E-state index is 14.3. The van der Waals surface area contributed by atoms with Crippen molar-refractivity contribution in [1.29, 1.82) is 0 Å². The van der Waals surface area contributed by atoms with Crippen LogP contribution in [0.1, 0.15) is 12.5 Å². The number of nitrogens with one attached hydrogen (secondary N) is 3. The number of benzene rings is 1. The van der Waals surface area contributed by atoms with Gasteiger partial charge in [-0.15, -0.1) is 11.8 Å². The number of halogens is 2. The predicted octanol–water partition coefficient (Wildman–Crippen LogP) is 1.25. The summed E-state index contributed by atoms with van der Waals surface area (Å²) < 4.78 is 28.7. The van der Waals surface area contributed by atoms with E-state index < -0.39 is 28.6 Å². The number of thioether (sulfide) groups is 1. The van der Waals surface area contributed by atoms with E-state index in [0.717, 1.165) is 4.90 Å². The number of carbonyl (C=O) groups excluding carboxylic acids is 2. The minimum atomic E-state index is -4.18. The molecule has 0 atom stereocenters. The maximum Gasteiger partial charge on any atom is 0.356 e. The van der Waals surface area contributed by atoms with Crippen LogP contribution in [0.3, 0.4) is 0 Å². The van der Waals surface area contributed by atoms with Gasteiger partial charge in [0, 0.05) is 36.0 Å². The SMILES string of the molecule is CC(=O)N1CCSc2ccc(NC(=O)C(F)(F)c3c[nH]c(=O)[nH]c3=O)cc21. The molecule has 1 aliphatic rings. The molecule has 0 bridgehead atoms. The molecule has 0 fully saturated rings. The summed E-state index contributed by atoms with van der Waals surface area (Å²) >= 11 is 1.51. The number of anilines is 2. The Morgan fingerprint density at radius 1 is 1.30 bits per heavy atom. The lowest BCUT2D eigenvalue weighted by Gasteiger charge is -2.28. The van der Waals surface area contributed by atoms with E-state index in [1.165, 1.54) is 35.7 Å². The zero-order valence-electron chi connectivity index (χ0n) is 14.0. The first-order chi connectivity index (χ1) is 12.7. The van der Waals surface area contributed by atoms with Crippen LogP contribution >= 0.6 is 11.8 Å². The number of aromatic nitrogens is 2. The first-order valence-corrected chi connectivity index (χ1v) is 8.75. The third-order valence-electron chi connectivity index (χ3n) is 3.90. The molecule has 0 spiro atoms. The number of aromatic amines is 2. The second-order valence-electron chi connectivity index (χ2n) is 5.72. The van der Waals surface area contributed by atoms with E-state index in [-0.39, 0.29) is 11.6 Å². The fraction of sp³-hybridized carbons (Fsp3) is 0.250. The van der Waals surface area contributed by atoms with E-state index in [1.54, 1.807) is 11.1 Å². The largest absolute Gasteiger partial charge is 0.356 e. The van der Waals surface area contributed by atoms with Gasteiger partial charge in [-0.1, -0.05) is 0 Å². The summed E-state index contributed by atoms with van der Waals surface area (Å²) in [5.41, 5.74) is -2.94. The normalized spacial score (nSPS) is 13.8. The van der Waals surface area contributed by atoms with E-state index >= 15 is 0 Å². The summed E-state index contributed by atoms with van der Waals surface area (Å²) in [5.74, 6) is -5.42. The van der Waals surface area contributed by atoms with Gasteiger partial charge >= 0.3 is 11.6 Å². The summed E-state index contributed by atoms with van der Waals surface area (Å²) in [5, 5.41) is 2.05. The molecule has 27 heavy (non-hydrogen) atoms. The van der Waals surface area contributed by atoms with Crippen molar-refractivity contribution in [1.82, 2.24) is 9.97 Å². The second kappa shape index (κ2) is 6.99. The minimum absolute atomic E-state index is 0.0491. The Balaban J connectivity index is 1.90. The van der Waals surface area contributed by atoms with Crippen molar-refractivity contribution in [2.24, 2.45) is 0 Å². The molecule has 1 aliphatic heterocycles. The third-order valence-corrected chi connectivity index (χ3v) is 4.95. The molecule has 1 aromatic heterocycles. The molecule has 0 unspecified atom stereocenters. The molecule has 2 amide bonds. The molecule has 0 saturated carbocycles. The standard InChI is InChI=1S/C16H14F2N4O4S/c1-8(23)22-4-5-27-12-3-2-9(6-11(12)22)20-14(25)16(17,18)10-7-19-15(26)21-13(10)24/h2-3,6-7H,4-5H2,1H3,(H,20,25)(H2,19,21,24,26). The van der Waals surface area contributed by atoms with Crippen molar-refractivity contribution in [2.45, 2.75) is 17.7 Å². The highest BCUT2D eigenvalue weighted by molar-refractivity contribution is 7.99. The molecule has 3 N–H and O–H groups in total. The number of rotatable bonds is 3. The topological polar surface area (TPSA) is 115 Å². The van der Waals surface area contributed by atoms with Crippen LogP contribution in [0.25, 0.3) is 0 Å². The average Bonchev–Trinajstić information content (AvgIpc) is 2.60. The first kappa shape index (κ1) is 18.8. The highest BCUT2D eigenvalue weighted by atomic mass is 32.2. The van der Waals surface area contributed by atoms with Crippen LogP contribution in [0.4, 0.5) is 20.2 Å². The fourth-order valence-corrected chi connectivity index (χ4v) is 3.57. The van der Waals surface area contributed by atoms with Crippen LogP contribution in [-0.2, 0) is 15.5 Å². The van der Waals surface area contributed by atoms with E-state index in [1.807, 2.05) is 4.98 Å². The van der Waals surface area contributed by atoms with Crippen molar-refractivity contribution in [2.75, 3.05) is 22.5 Å². The van der Waals surface area contributed by atoms with Crippen molar-refractivity contribution < 1.29 is 18.4 Å². The molecule has 11 heteroatoms. The van der Waals surface area contributed by atoms with Gasteiger partial charge in [0.15, 0.2) is 0 Å². The first-order valence-electron chi connectivity index (χ1n) is 7.77. The molecular formula is C16H14F2N4O4S. The van der Waals surface area contributed by atoms with Gasteiger partial charge in [-0.2, -0.15) is 8.78 Å². The summed E-state index contributed by atoms with van der Waals surface area (Å²) in [6.07, 6.45) is 0.502. The molecule has 3 rings (SSSR count). The van der Waals surface area contributed by atoms with Crippen LogP contribution in [0.2, 0.25) is 0 Å². The number of hydrogen-bond donors (Lipinski definition) is 3. The van der Waals surface area contributed by atoms with Gasteiger partial charge in [0.2, 0.25) is 5.91 Å². The Hall–Kier alpha value is -2.95. The van der Waals surface area contributed by atoms with Crippen molar-refractivity contribution >= 4 is 35.0 Å². The third kappa shape index (κ3) is 3.63. The second-order valence-corrected chi connectivity index (χ2v) is 6.85. The molecule has 2 heterocycles. The lowest BCUT2D eigenvalue weighted by Crippen LogP contribution is -2.39. The summed E-state index contributed by atoms with van der Waals surface area (Å²) in [6.45, 7) is 1.86. The molecule has 0 radical (unpaired) electrons. The van der Waals surface area contributed by atoms with E-state index in [9.17, 15) is 28.0 Å². The van der Waals surface area contributed by atoms with Crippen LogP contribution in [0, 0.1) is 0 Å². The minimum Gasteiger partial charge on any atom is -0.320 e. The number of H-pyrrole nitrogens is 2. The molecule has 1 aromatic carbocycles. The summed E-state index contributed by atoms with van der Waals surface area (Å²) in [4.78, 5) is 52.2. The smallest absolute Gasteiger partial charge is 0.320 e. The highest BCUT2D eigenvalue weighted by Crippen LogP contribution is 2.37. The number of amides is 2. The van der Waals surface area contributed by atoms with Crippen molar-refractivity contribution in [3.05, 3.63) is 50.8 Å². The summed E-state index contributed by atoms with van der Waals surface area (Å²) in [7, 11) is 0. The number of hydrogen-bond acceptors (Lipinski definition) is 5. The zero-order chi connectivity index (χ0) is 19.8. The van der Waals surface area contributed by atoms with E-state index in [2.05, 4.69) is 5.32 Å². The van der Waals surface area contributed by atoms with Crippen LogP contribution < -0.4 is 21.5 Å². The van der Waals surface area contributed by atoms with Crippen LogP contribution in [0.5, 0.6) is 0 Å². The number of alkyl halides is 2. The van der Waals surface area contributed by atoms with Crippen LogP contribution in [-0.4, -0.2) is 34.1 Å². The average molecular weight is 396 g/mol. The molecule has 0 aliphatic carbocycles. The number of carbonyl (C=O) groups is 2. The zero-order valence-corrected chi connectivity index (χ0v) is 14.8. The van der Waals surface area contributed by atoms with Gasteiger partial charge in [-0.3, -0.25) is 19.4 Å². The molecule has 0 saturated heterocycles. The van der Waals surface area contributed by atoms with Crippen LogP contribution in [0.15, 0.2) is 38.9 Å². The lowest BCUT2D eigenvalue weighted by atomic mass is 10.1. The van der Waals surface area contributed by atoms with E-state index in [0.29, 0.717) is 24.2 Å². The quantitative estimate of drug-likeness (QED) is 0.722. The van der Waals surface area contributed by atoms with Crippen molar-refractivity contribution in [3.63, 3.8) is 0 Å². The molecule has 142 valence electrons. The predicted molar refractivity (Wildman–Crippen MR) is 95.4 cm³/mol. The fourth-order valence-electron chi connectivity index (χ4n) is 2.60. The van der Waals surface area contributed by atoms with Gasteiger partial charge in [0.25, 0.3) is 11.5 Å². The van der Waals surface area contributed by atoms with Gasteiger partial charge < -0.3 is 15.2 Å². The number of fused-ring (bicyclic) bond motifs is 1.